The van der Waals surface area contributed by atoms with Crippen molar-refractivity contribution in [3.63, 3.8) is 0 Å². The highest BCUT2D eigenvalue weighted by Crippen LogP contribution is 2.38. The van der Waals surface area contributed by atoms with Gasteiger partial charge in [-0.15, -0.1) is 0 Å². The SMILES string of the molecule is NNc1cc(C(F)(F)F)cc(Sc2cc(Cl)ccc2Cl)n1. The molecular weight excluding hydrogens is 346 g/mol. The van der Waals surface area contributed by atoms with Crippen molar-refractivity contribution >= 4 is 40.8 Å². The maximum absolute atomic E-state index is 12.8. The Bertz CT molecular complexity index is 665. The zero-order valence-corrected chi connectivity index (χ0v) is 12.5. The quantitative estimate of drug-likeness (QED) is 0.612. The zero-order valence-electron chi connectivity index (χ0n) is 10.2. The van der Waals surface area contributed by atoms with Crippen LogP contribution in [-0.2, 0) is 6.18 Å². The fraction of sp³-hybridized carbons (Fsp3) is 0.0833. The van der Waals surface area contributed by atoms with Crippen molar-refractivity contribution in [2.24, 2.45) is 5.84 Å². The van der Waals surface area contributed by atoms with Gasteiger partial charge in [-0.3, -0.25) is 0 Å². The van der Waals surface area contributed by atoms with Crippen LogP contribution in [0.15, 0.2) is 40.3 Å². The number of halogens is 5. The molecule has 1 heterocycles. The van der Waals surface area contributed by atoms with Crippen LogP contribution in [0.4, 0.5) is 19.0 Å². The van der Waals surface area contributed by atoms with Crippen LogP contribution >= 0.6 is 35.0 Å². The smallest absolute Gasteiger partial charge is 0.308 e. The monoisotopic (exact) mass is 353 g/mol. The van der Waals surface area contributed by atoms with E-state index in [1.54, 1.807) is 18.2 Å². The molecule has 2 aromatic rings. The van der Waals surface area contributed by atoms with E-state index in [2.05, 4.69) is 10.4 Å². The summed E-state index contributed by atoms with van der Waals surface area (Å²) in [6.07, 6.45) is -4.50. The molecule has 112 valence electrons. The zero-order chi connectivity index (χ0) is 15.6. The second kappa shape index (κ2) is 6.31. The lowest BCUT2D eigenvalue weighted by molar-refractivity contribution is -0.137. The number of pyridine rings is 1. The summed E-state index contributed by atoms with van der Waals surface area (Å²) in [5.41, 5.74) is 1.25. The molecule has 2 rings (SSSR count). The van der Waals surface area contributed by atoms with Gasteiger partial charge < -0.3 is 5.43 Å². The van der Waals surface area contributed by atoms with Crippen molar-refractivity contribution in [2.75, 3.05) is 5.43 Å². The summed E-state index contributed by atoms with van der Waals surface area (Å²) in [4.78, 5) is 4.46. The Kier molecular flexibility index (Phi) is 4.88. The summed E-state index contributed by atoms with van der Waals surface area (Å²) in [6, 6.07) is 6.43. The van der Waals surface area contributed by atoms with E-state index in [-0.39, 0.29) is 10.8 Å². The van der Waals surface area contributed by atoms with Crippen LogP contribution in [-0.4, -0.2) is 4.98 Å². The van der Waals surface area contributed by atoms with Crippen molar-refractivity contribution in [1.29, 1.82) is 0 Å². The fourth-order valence-corrected chi connectivity index (χ4v) is 2.84. The van der Waals surface area contributed by atoms with E-state index in [4.69, 9.17) is 29.0 Å². The molecule has 0 spiro atoms. The Morgan fingerprint density at radius 1 is 1.14 bits per heavy atom. The van der Waals surface area contributed by atoms with Crippen LogP contribution in [0, 0.1) is 0 Å². The number of rotatable bonds is 3. The minimum atomic E-state index is -4.50. The molecule has 0 aliphatic rings. The molecule has 0 bridgehead atoms. The van der Waals surface area contributed by atoms with E-state index in [9.17, 15) is 13.2 Å². The number of hydrazine groups is 1. The molecule has 0 aliphatic carbocycles. The highest BCUT2D eigenvalue weighted by molar-refractivity contribution is 7.99. The predicted molar refractivity (Wildman–Crippen MR) is 77.6 cm³/mol. The third kappa shape index (κ3) is 4.16. The lowest BCUT2D eigenvalue weighted by Crippen LogP contribution is -2.12. The van der Waals surface area contributed by atoms with Gasteiger partial charge in [0.25, 0.3) is 0 Å². The largest absolute Gasteiger partial charge is 0.416 e. The lowest BCUT2D eigenvalue weighted by Gasteiger charge is -2.11. The average Bonchev–Trinajstić information content (AvgIpc) is 2.41. The van der Waals surface area contributed by atoms with Crippen LogP contribution in [0.25, 0.3) is 0 Å². The van der Waals surface area contributed by atoms with Crippen molar-refractivity contribution < 1.29 is 13.2 Å². The first-order valence-corrected chi connectivity index (χ1v) is 7.05. The van der Waals surface area contributed by atoms with Crippen LogP contribution in [0.3, 0.4) is 0 Å². The standard InChI is InChI=1S/C12H8Cl2F3N3S/c13-7-1-2-8(14)9(5-7)21-11-4-6(12(15,16)17)3-10(19-11)20-18/h1-5H,18H2,(H,19,20). The second-order valence-electron chi connectivity index (χ2n) is 3.90. The molecule has 0 radical (unpaired) electrons. The van der Waals surface area contributed by atoms with Gasteiger partial charge in [0.05, 0.1) is 10.6 Å². The Morgan fingerprint density at radius 3 is 2.48 bits per heavy atom. The average molecular weight is 354 g/mol. The number of alkyl halides is 3. The predicted octanol–water partition coefficient (Wildman–Crippen LogP) is 4.84. The number of aromatic nitrogens is 1. The molecule has 0 fully saturated rings. The third-order valence-corrected chi connectivity index (χ3v) is 4.04. The van der Waals surface area contributed by atoms with Crippen LogP contribution < -0.4 is 11.3 Å². The topological polar surface area (TPSA) is 50.9 Å². The van der Waals surface area contributed by atoms with Gasteiger partial charge in [0.1, 0.15) is 10.8 Å². The molecule has 0 unspecified atom stereocenters. The summed E-state index contributed by atoms with van der Waals surface area (Å²) in [5.74, 6) is 5.05. The van der Waals surface area contributed by atoms with Crippen molar-refractivity contribution in [3.05, 3.63) is 45.9 Å². The van der Waals surface area contributed by atoms with Gasteiger partial charge in [-0.05, 0) is 30.3 Å². The minimum absolute atomic E-state index is 0.0922. The van der Waals surface area contributed by atoms with Gasteiger partial charge in [0.2, 0.25) is 0 Å². The van der Waals surface area contributed by atoms with Crippen LogP contribution in [0.5, 0.6) is 0 Å². The van der Waals surface area contributed by atoms with Gasteiger partial charge in [0.15, 0.2) is 0 Å². The van der Waals surface area contributed by atoms with E-state index in [0.717, 1.165) is 23.9 Å². The first-order chi connectivity index (χ1) is 9.79. The molecular formula is C12H8Cl2F3N3S. The van der Waals surface area contributed by atoms with Gasteiger partial charge in [0, 0.05) is 9.92 Å². The van der Waals surface area contributed by atoms with Gasteiger partial charge in [-0.1, -0.05) is 35.0 Å². The molecule has 21 heavy (non-hydrogen) atoms. The van der Waals surface area contributed by atoms with Crippen LogP contribution in [0.1, 0.15) is 5.56 Å². The fourth-order valence-electron chi connectivity index (χ4n) is 1.46. The van der Waals surface area contributed by atoms with E-state index in [1.165, 1.54) is 0 Å². The van der Waals surface area contributed by atoms with Gasteiger partial charge in [-0.2, -0.15) is 13.2 Å². The summed E-state index contributed by atoms with van der Waals surface area (Å²) < 4.78 is 38.4. The molecule has 9 heteroatoms. The summed E-state index contributed by atoms with van der Waals surface area (Å²) in [5, 5.41) is 0.888. The lowest BCUT2D eigenvalue weighted by atomic mass is 10.2. The van der Waals surface area contributed by atoms with Crippen molar-refractivity contribution in [3.8, 4) is 0 Å². The van der Waals surface area contributed by atoms with Crippen molar-refractivity contribution in [1.82, 2.24) is 4.98 Å². The highest BCUT2D eigenvalue weighted by Gasteiger charge is 2.31. The van der Waals surface area contributed by atoms with E-state index in [0.29, 0.717) is 14.9 Å². The number of nitrogens with one attached hydrogen (secondary N) is 1. The number of nitrogen functional groups attached to an aromatic ring is 1. The Balaban J connectivity index is 2.42. The highest BCUT2D eigenvalue weighted by atomic mass is 35.5. The Morgan fingerprint density at radius 2 is 1.86 bits per heavy atom. The first-order valence-electron chi connectivity index (χ1n) is 5.48. The summed E-state index contributed by atoms with van der Waals surface area (Å²) in [7, 11) is 0. The molecule has 3 N–H and O–H groups in total. The molecule has 0 amide bonds. The number of hydrogen-bond donors (Lipinski definition) is 2. The van der Waals surface area contributed by atoms with E-state index < -0.39 is 11.7 Å². The number of anilines is 1. The minimum Gasteiger partial charge on any atom is -0.308 e. The van der Waals surface area contributed by atoms with Gasteiger partial charge in [-0.25, -0.2) is 10.8 Å². The van der Waals surface area contributed by atoms with Crippen LogP contribution in [0.2, 0.25) is 10.0 Å². The molecule has 0 aliphatic heterocycles. The molecule has 0 saturated carbocycles. The number of nitrogens with two attached hydrogens (primary N) is 1. The second-order valence-corrected chi connectivity index (χ2v) is 5.80. The number of hydrogen-bond acceptors (Lipinski definition) is 4. The van der Waals surface area contributed by atoms with E-state index >= 15 is 0 Å². The molecule has 1 aromatic carbocycles. The maximum Gasteiger partial charge on any atom is 0.416 e. The maximum atomic E-state index is 12.8. The normalized spacial score (nSPS) is 11.5. The van der Waals surface area contributed by atoms with E-state index in [1.807, 2.05) is 0 Å². The molecule has 1 aromatic heterocycles. The van der Waals surface area contributed by atoms with Crippen molar-refractivity contribution in [2.45, 2.75) is 16.1 Å². The Hall–Kier alpha value is -1.15. The Labute approximate surface area is 132 Å². The molecule has 3 nitrogen and oxygen atoms in total. The summed E-state index contributed by atoms with van der Waals surface area (Å²) in [6.45, 7) is 0. The summed E-state index contributed by atoms with van der Waals surface area (Å²) >= 11 is 12.8. The third-order valence-electron chi connectivity index (χ3n) is 2.38. The van der Waals surface area contributed by atoms with Gasteiger partial charge >= 0.3 is 6.18 Å². The molecule has 0 saturated heterocycles. The number of benzene rings is 1. The molecule has 0 atom stereocenters. The number of nitrogens with zero attached hydrogens (tertiary/aromatic N) is 1. The first kappa shape index (κ1) is 16.2.